The molecule has 2 N–H and O–H groups in total. The predicted octanol–water partition coefficient (Wildman–Crippen LogP) is 26.0. The summed E-state index contributed by atoms with van der Waals surface area (Å²) < 4.78 is 23.7. The van der Waals surface area contributed by atoms with Crippen LogP contribution in [0.3, 0.4) is 0 Å². The number of ether oxygens (including phenoxy) is 4. The minimum Gasteiger partial charge on any atom is -0.466 e. The molecule has 108 heavy (non-hydrogen) atoms. The molecule has 0 saturated carbocycles. The summed E-state index contributed by atoms with van der Waals surface area (Å²) in [4.78, 5) is 83.6. The molecule has 0 fully saturated rings. The van der Waals surface area contributed by atoms with Crippen molar-refractivity contribution in [1.82, 2.24) is 20.4 Å². The fourth-order valence-electron chi connectivity index (χ4n) is 14.9. The molecule has 0 rings (SSSR count). The largest absolute Gasteiger partial charge is 0.466 e. The smallest absolute Gasteiger partial charge is 0.311 e. The van der Waals surface area contributed by atoms with Crippen molar-refractivity contribution in [2.24, 2.45) is 5.41 Å². The number of rotatable bonds is 87. The normalized spacial score (nSPS) is 11.8. The second-order valence-corrected chi connectivity index (χ2v) is 33.5. The maximum absolute atomic E-state index is 13.8. The zero-order valence-electron chi connectivity index (χ0n) is 73.1. The van der Waals surface area contributed by atoms with E-state index < -0.39 is 5.41 Å². The van der Waals surface area contributed by atoms with Crippen molar-refractivity contribution in [2.75, 3.05) is 65.6 Å². The molecule has 638 valence electrons. The van der Waals surface area contributed by atoms with Gasteiger partial charge in [-0.25, -0.2) is 0 Å². The molecule has 0 aromatic heterocycles. The second-order valence-electron chi connectivity index (χ2n) is 33.5. The van der Waals surface area contributed by atoms with E-state index in [1.54, 1.807) is 0 Å². The van der Waals surface area contributed by atoms with Crippen molar-refractivity contribution in [2.45, 2.75) is 498 Å². The first-order valence-electron chi connectivity index (χ1n) is 47.4. The summed E-state index contributed by atoms with van der Waals surface area (Å²) in [5, 5.41) is 6.23. The number of hydrogen-bond acceptors (Lipinski definition) is 12. The van der Waals surface area contributed by atoms with Gasteiger partial charge < -0.3 is 39.4 Å². The van der Waals surface area contributed by atoms with Gasteiger partial charge in [-0.15, -0.1) is 0 Å². The van der Waals surface area contributed by atoms with Gasteiger partial charge in [-0.05, 0) is 156 Å². The summed E-state index contributed by atoms with van der Waals surface area (Å²) in [6.45, 7) is 24.8. The monoisotopic (exact) mass is 1530 g/mol. The summed E-state index contributed by atoms with van der Waals surface area (Å²) in [5.74, 6) is -0.486. The van der Waals surface area contributed by atoms with E-state index in [2.05, 4.69) is 75.8 Å². The molecule has 0 radical (unpaired) electrons. The van der Waals surface area contributed by atoms with E-state index in [9.17, 15) is 28.8 Å². The van der Waals surface area contributed by atoms with E-state index in [1.165, 1.54) is 218 Å². The molecule has 0 aromatic rings. The highest BCUT2D eigenvalue weighted by Crippen LogP contribution is 2.29. The molecule has 0 atom stereocenters. The van der Waals surface area contributed by atoms with Crippen molar-refractivity contribution >= 4 is 35.7 Å². The molecule has 0 unspecified atom stereocenters. The summed E-state index contributed by atoms with van der Waals surface area (Å²) in [7, 11) is 0. The van der Waals surface area contributed by atoms with E-state index in [4.69, 9.17) is 18.9 Å². The Kier molecular flexibility index (Phi) is 79.3. The molecule has 0 aliphatic rings. The number of hydrogen-bond donors (Lipinski definition) is 2. The van der Waals surface area contributed by atoms with Crippen molar-refractivity contribution in [3.05, 3.63) is 0 Å². The van der Waals surface area contributed by atoms with Gasteiger partial charge in [-0.2, -0.15) is 0 Å². The van der Waals surface area contributed by atoms with E-state index in [1.807, 2.05) is 0 Å². The topological polar surface area (TPSA) is 170 Å². The number of carbonyl (C=O) groups is 6. The molecule has 0 aliphatic carbocycles. The minimum absolute atomic E-state index is 0.0189. The Morgan fingerprint density at radius 1 is 0.269 bits per heavy atom. The summed E-state index contributed by atoms with van der Waals surface area (Å²) >= 11 is 0. The number of unbranched alkanes of at least 4 members (excludes halogenated alkanes) is 47. The predicted molar refractivity (Wildman–Crippen MR) is 458 cm³/mol. The quantitative estimate of drug-likeness (QED) is 0.0336. The summed E-state index contributed by atoms with van der Waals surface area (Å²) in [6, 6.07) is 0. The highest BCUT2D eigenvalue weighted by atomic mass is 16.6. The fourth-order valence-corrected chi connectivity index (χ4v) is 14.9. The molecule has 0 aromatic carbocycles. The molecule has 0 aliphatic heterocycles. The first-order valence-corrected chi connectivity index (χ1v) is 47.4. The molecular formula is C94H182N4O10. The standard InChI is InChI=1S/C94H182N4O10/c1-9-15-21-27-33-35-37-48-64-84-105-90(101)70-57-50-62-80-97(78-60-46-39-44-56-72-92(103)107-86(66-52-40-29-23-17-11-3)67-53-41-30-24-18-12-4)82-76-95-88(99)73-74-89(100)96-77-83-98(81-63-51-58-71-91(102)106-85-65-49-38-36-34-28-22-16-10-2)79-61-47-45-59-75-94(7,8)93(104)108-87(68-54-42-31-25-19-13-5)69-55-43-32-26-20-14-6/h86-87H,9-85H2,1-8H3,(H,95,99)(H,96,100). The summed E-state index contributed by atoms with van der Waals surface area (Å²) in [5.41, 5.74) is -0.522. The third kappa shape index (κ3) is 74.2. The van der Waals surface area contributed by atoms with Gasteiger partial charge in [-0.1, -0.05) is 324 Å². The maximum atomic E-state index is 13.8. The van der Waals surface area contributed by atoms with Crippen LogP contribution in [0.1, 0.15) is 486 Å². The van der Waals surface area contributed by atoms with Crippen LogP contribution >= 0.6 is 0 Å². The molecule has 0 bridgehead atoms. The third-order valence-corrected chi connectivity index (χ3v) is 22.3. The molecule has 14 nitrogen and oxygen atoms in total. The van der Waals surface area contributed by atoms with Crippen LogP contribution in [-0.2, 0) is 47.7 Å². The Morgan fingerprint density at radius 3 is 0.843 bits per heavy atom. The first kappa shape index (κ1) is 105. The van der Waals surface area contributed by atoms with E-state index in [0.29, 0.717) is 58.7 Å². The number of nitrogens with zero attached hydrogens (tertiary/aromatic N) is 2. The Bertz CT molecular complexity index is 1960. The van der Waals surface area contributed by atoms with Gasteiger partial charge in [0.15, 0.2) is 0 Å². The summed E-state index contributed by atoms with van der Waals surface area (Å²) in [6.07, 6.45) is 73.2. The zero-order valence-corrected chi connectivity index (χ0v) is 73.1. The average molecular weight is 1530 g/mol. The lowest BCUT2D eigenvalue weighted by atomic mass is 9.86. The minimum atomic E-state index is -0.522. The second kappa shape index (κ2) is 81.7. The van der Waals surface area contributed by atoms with Crippen molar-refractivity contribution in [1.29, 1.82) is 0 Å². The van der Waals surface area contributed by atoms with Crippen molar-refractivity contribution in [3.63, 3.8) is 0 Å². The van der Waals surface area contributed by atoms with Gasteiger partial charge >= 0.3 is 23.9 Å². The number of amides is 2. The van der Waals surface area contributed by atoms with E-state index in [-0.39, 0.29) is 60.7 Å². The van der Waals surface area contributed by atoms with Crippen LogP contribution in [0.2, 0.25) is 0 Å². The lowest BCUT2D eigenvalue weighted by molar-refractivity contribution is -0.161. The average Bonchev–Trinajstić information content (AvgIpc) is 0.873. The Hall–Kier alpha value is -3.26. The molecule has 2 amide bonds. The fraction of sp³-hybridized carbons (Fsp3) is 0.936. The lowest BCUT2D eigenvalue weighted by Crippen LogP contribution is -2.37. The van der Waals surface area contributed by atoms with Crippen LogP contribution in [0.5, 0.6) is 0 Å². The maximum Gasteiger partial charge on any atom is 0.311 e. The third-order valence-electron chi connectivity index (χ3n) is 22.3. The molecular weight excluding hydrogens is 1350 g/mol. The van der Waals surface area contributed by atoms with Crippen LogP contribution < -0.4 is 10.6 Å². The van der Waals surface area contributed by atoms with Crippen LogP contribution in [0.4, 0.5) is 0 Å². The van der Waals surface area contributed by atoms with Crippen LogP contribution in [0, 0.1) is 5.41 Å². The molecule has 14 heteroatoms. The molecule has 0 saturated heterocycles. The van der Waals surface area contributed by atoms with Gasteiger partial charge in [0.05, 0.1) is 18.6 Å². The van der Waals surface area contributed by atoms with Crippen LogP contribution in [-0.4, -0.2) is 123 Å². The van der Waals surface area contributed by atoms with Gasteiger partial charge in [0.25, 0.3) is 0 Å². The highest BCUT2D eigenvalue weighted by Gasteiger charge is 2.31. The molecule has 0 spiro atoms. The Morgan fingerprint density at radius 2 is 0.519 bits per heavy atom. The zero-order chi connectivity index (χ0) is 79.0. The van der Waals surface area contributed by atoms with Crippen LogP contribution in [0.25, 0.3) is 0 Å². The first-order chi connectivity index (χ1) is 52.7. The number of esters is 4. The Labute approximate surface area is 669 Å². The Balaban J connectivity index is 5.49. The van der Waals surface area contributed by atoms with Gasteiger partial charge in [0.1, 0.15) is 12.2 Å². The van der Waals surface area contributed by atoms with E-state index in [0.717, 1.165) is 206 Å². The van der Waals surface area contributed by atoms with Gasteiger partial charge in [0.2, 0.25) is 11.8 Å². The lowest BCUT2D eigenvalue weighted by Gasteiger charge is -2.27. The van der Waals surface area contributed by atoms with Crippen LogP contribution in [0.15, 0.2) is 0 Å². The number of carbonyl (C=O) groups excluding carboxylic acids is 6. The van der Waals surface area contributed by atoms with Gasteiger partial charge in [-0.3, -0.25) is 28.8 Å². The van der Waals surface area contributed by atoms with E-state index >= 15 is 0 Å². The van der Waals surface area contributed by atoms with Gasteiger partial charge in [0, 0.05) is 58.3 Å². The highest BCUT2D eigenvalue weighted by molar-refractivity contribution is 5.83. The molecule has 0 heterocycles. The SMILES string of the molecule is CCCCCCCCCCCOC(=O)CCCCCN(CCCCCCCC(=O)OC(CCCCCCCC)CCCCCCCC)CCNC(=O)CCC(=O)NCCN(CCCCCCC(C)(C)C(=O)OC(CCCCCCCC)CCCCCCCC)CCCCCC(=O)OCCCCCCCCCCC. The van der Waals surface area contributed by atoms with Crippen molar-refractivity contribution in [3.8, 4) is 0 Å². The van der Waals surface area contributed by atoms with Crippen molar-refractivity contribution < 1.29 is 47.7 Å². The number of nitrogens with one attached hydrogen (secondary N) is 2.